The lowest BCUT2D eigenvalue weighted by atomic mass is 9.93. The molecule has 9 heteroatoms. The van der Waals surface area contributed by atoms with Crippen LogP contribution in [-0.2, 0) is 15.5 Å². The molecule has 0 aliphatic heterocycles. The largest absolute Gasteiger partial charge is 0.358 e. The van der Waals surface area contributed by atoms with E-state index in [4.69, 9.17) is 4.18 Å². The summed E-state index contributed by atoms with van der Waals surface area (Å²) in [4.78, 5) is 10.0. The minimum atomic E-state index is -4.21. The molecule has 1 aromatic heterocycles. The molecule has 0 saturated heterocycles. The van der Waals surface area contributed by atoms with Crippen LogP contribution in [0.15, 0.2) is 59.5 Å². The van der Waals surface area contributed by atoms with Gasteiger partial charge in [-0.1, -0.05) is 38.5 Å². The SMILES string of the molecule is Cc1ccc(-n2nc(C(C)(C)C)cc2OS(=O)(=O)c2ccc([N+](=O)[O-])cc2)cc1. The highest BCUT2D eigenvalue weighted by Crippen LogP contribution is 2.30. The van der Waals surface area contributed by atoms with Crippen LogP contribution in [0.1, 0.15) is 32.0 Å². The molecule has 2 aromatic carbocycles. The Bertz CT molecular complexity index is 1140. The van der Waals surface area contributed by atoms with Crippen molar-refractivity contribution in [3.63, 3.8) is 0 Å². The lowest BCUT2D eigenvalue weighted by molar-refractivity contribution is -0.384. The normalized spacial score (nSPS) is 12.0. The van der Waals surface area contributed by atoms with Gasteiger partial charge >= 0.3 is 10.1 Å². The van der Waals surface area contributed by atoms with Crippen LogP contribution in [0.5, 0.6) is 5.88 Å². The summed E-state index contributed by atoms with van der Waals surface area (Å²) in [6.07, 6.45) is 0. The first-order valence-electron chi connectivity index (χ1n) is 8.84. The summed E-state index contributed by atoms with van der Waals surface area (Å²) in [5.74, 6) is 0.0390. The third-order valence-corrected chi connectivity index (χ3v) is 5.49. The average molecular weight is 415 g/mol. The average Bonchev–Trinajstić information content (AvgIpc) is 3.06. The molecule has 152 valence electrons. The van der Waals surface area contributed by atoms with Crippen LogP contribution in [0, 0.1) is 17.0 Å². The quantitative estimate of drug-likeness (QED) is 0.352. The molecule has 0 unspecified atom stereocenters. The van der Waals surface area contributed by atoms with Crippen LogP contribution in [0.2, 0.25) is 0 Å². The maximum Gasteiger partial charge on any atom is 0.340 e. The topological polar surface area (TPSA) is 104 Å². The van der Waals surface area contributed by atoms with E-state index in [-0.39, 0.29) is 21.9 Å². The molecule has 0 amide bonds. The van der Waals surface area contributed by atoms with Crippen molar-refractivity contribution >= 4 is 15.8 Å². The van der Waals surface area contributed by atoms with Crippen molar-refractivity contribution < 1.29 is 17.5 Å². The third kappa shape index (κ3) is 4.45. The van der Waals surface area contributed by atoms with Gasteiger partial charge in [0, 0.05) is 23.6 Å². The monoisotopic (exact) mass is 415 g/mol. The van der Waals surface area contributed by atoms with E-state index < -0.39 is 15.0 Å². The van der Waals surface area contributed by atoms with Gasteiger partial charge in [0.25, 0.3) is 5.69 Å². The van der Waals surface area contributed by atoms with Gasteiger partial charge in [0.05, 0.1) is 16.3 Å². The Labute approximate surface area is 169 Å². The predicted octanol–water partition coefficient (Wildman–Crippen LogP) is 4.15. The number of hydrogen-bond acceptors (Lipinski definition) is 6. The van der Waals surface area contributed by atoms with Crippen molar-refractivity contribution in [2.24, 2.45) is 0 Å². The first kappa shape index (κ1) is 20.5. The molecule has 0 fully saturated rings. The standard InChI is InChI=1S/C20H21N3O5S/c1-14-5-7-15(8-6-14)22-19(13-18(21-22)20(2,3)4)28-29(26,27)17-11-9-16(10-12-17)23(24)25/h5-13H,1-4H3. The molecule has 0 aliphatic rings. The Morgan fingerprint density at radius 1 is 1.03 bits per heavy atom. The van der Waals surface area contributed by atoms with Gasteiger partial charge in [-0.15, -0.1) is 0 Å². The van der Waals surface area contributed by atoms with Crippen LogP contribution in [0.3, 0.4) is 0 Å². The highest BCUT2D eigenvalue weighted by atomic mass is 32.2. The van der Waals surface area contributed by atoms with E-state index in [1.807, 2.05) is 52.0 Å². The summed E-state index contributed by atoms with van der Waals surface area (Å²) >= 11 is 0. The Morgan fingerprint density at radius 2 is 1.62 bits per heavy atom. The Morgan fingerprint density at radius 3 is 2.14 bits per heavy atom. The van der Waals surface area contributed by atoms with E-state index in [0.29, 0.717) is 11.4 Å². The van der Waals surface area contributed by atoms with Gasteiger partial charge in [-0.05, 0) is 31.2 Å². The summed E-state index contributed by atoms with van der Waals surface area (Å²) in [6, 6.07) is 13.5. The zero-order valence-corrected chi connectivity index (χ0v) is 17.3. The van der Waals surface area contributed by atoms with E-state index in [1.165, 1.54) is 4.68 Å². The van der Waals surface area contributed by atoms with Crippen LogP contribution in [0.25, 0.3) is 5.69 Å². The number of rotatable bonds is 5. The highest BCUT2D eigenvalue weighted by molar-refractivity contribution is 7.87. The molecule has 3 rings (SSSR count). The zero-order chi connectivity index (χ0) is 21.4. The zero-order valence-electron chi connectivity index (χ0n) is 16.5. The summed E-state index contributed by atoms with van der Waals surface area (Å²) in [7, 11) is -4.21. The first-order chi connectivity index (χ1) is 13.5. The second-order valence-electron chi connectivity index (χ2n) is 7.65. The van der Waals surface area contributed by atoms with Crippen molar-refractivity contribution in [2.75, 3.05) is 0 Å². The van der Waals surface area contributed by atoms with E-state index in [9.17, 15) is 18.5 Å². The van der Waals surface area contributed by atoms with Crippen LogP contribution < -0.4 is 4.18 Å². The number of non-ortho nitro benzene ring substituents is 1. The van der Waals surface area contributed by atoms with E-state index in [0.717, 1.165) is 29.8 Å². The highest BCUT2D eigenvalue weighted by Gasteiger charge is 2.25. The van der Waals surface area contributed by atoms with Crippen molar-refractivity contribution in [1.82, 2.24) is 9.78 Å². The molecular formula is C20H21N3O5S. The van der Waals surface area contributed by atoms with Gasteiger partial charge in [0.15, 0.2) is 0 Å². The van der Waals surface area contributed by atoms with E-state index in [1.54, 1.807) is 6.07 Å². The number of nitro benzene ring substituents is 1. The molecule has 1 heterocycles. The molecule has 0 aliphatic carbocycles. The predicted molar refractivity (Wildman–Crippen MR) is 108 cm³/mol. The van der Waals surface area contributed by atoms with Crippen molar-refractivity contribution in [3.05, 3.63) is 76.0 Å². The van der Waals surface area contributed by atoms with E-state index >= 15 is 0 Å². The molecule has 29 heavy (non-hydrogen) atoms. The number of aryl methyl sites for hydroxylation is 1. The Hall–Kier alpha value is -3.20. The van der Waals surface area contributed by atoms with Gasteiger partial charge in [0.1, 0.15) is 4.90 Å². The van der Waals surface area contributed by atoms with E-state index in [2.05, 4.69) is 5.10 Å². The first-order valence-corrected chi connectivity index (χ1v) is 10.2. The number of nitrogens with zero attached hydrogens (tertiary/aromatic N) is 3. The van der Waals surface area contributed by atoms with Crippen molar-refractivity contribution in [2.45, 2.75) is 38.0 Å². The number of hydrogen-bond donors (Lipinski definition) is 0. The third-order valence-electron chi connectivity index (χ3n) is 4.25. The van der Waals surface area contributed by atoms with Crippen LogP contribution in [0.4, 0.5) is 5.69 Å². The second-order valence-corrected chi connectivity index (χ2v) is 9.20. The molecule has 0 saturated carbocycles. The summed E-state index contributed by atoms with van der Waals surface area (Å²) < 4.78 is 32.3. The lowest BCUT2D eigenvalue weighted by Gasteiger charge is -2.13. The fraction of sp³-hybridized carbons (Fsp3) is 0.250. The molecule has 0 radical (unpaired) electrons. The molecule has 8 nitrogen and oxygen atoms in total. The maximum absolute atomic E-state index is 12.7. The van der Waals surface area contributed by atoms with Gasteiger partial charge in [-0.3, -0.25) is 10.1 Å². The molecule has 3 aromatic rings. The number of nitro groups is 1. The van der Waals surface area contributed by atoms with Gasteiger partial charge in [-0.25, -0.2) is 0 Å². The molecule has 0 spiro atoms. The summed E-state index contributed by atoms with van der Waals surface area (Å²) in [5, 5.41) is 15.3. The molecule has 0 bridgehead atoms. The minimum absolute atomic E-state index is 0.0390. The van der Waals surface area contributed by atoms with Gasteiger partial charge < -0.3 is 4.18 Å². The fourth-order valence-corrected chi connectivity index (χ4v) is 3.46. The Balaban J connectivity index is 2.03. The molecular weight excluding hydrogens is 394 g/mol. The molecule has 0 N–H and O–H groups in total. The number of benzene rings is 2. The summed E-state index contributed by atoms with van der Waals surface area (Å²) in [5.41, 5.74) is 1.83. The van der Waals surface area contributed by atoms with Crippen LogP contribution >= 0.6 is 0 Å². The smallest absolute Gasteiger partial charge is 0.340 e. The van der Waals surface area contributed by atoms with Gasteiger partial charge in [-0.2, -0.15) is 18.2 Å². The molecule has 0 atom stereocenters. The number of aromatic nitrogens is 2. The minimum Gasteiger partial charge on any atom is -0.358 e. The Kier molecular flexibility index (Phi) is 5.18. The van der Waals surface area contributed by atoms with Gasteiger partial charge in [0.2, 0.25) is 5.88 Å². The second kappa shape index (κ2) is 7.32. The lowest BCUT2D eigenvalue weighted by Crippen LogP contribution is -2.13. The van der Waals surface area contributed by atoms with Crippen molar-refractivity contribution in [1.29, 1.82) is 0 Å². The maximum atomic E-state index is 12.7. The van der Waals surface area contributed by atoms with Crippen LogP contribution in [-0.4, -0.2) is 23.1 Å². The van der Waals surface area contributed by atoms with Crippen molar-refractivity contribution in [3.8, 4) is 11.6 Å². The fourth-order valence-electron chi connectivity index (χ4n) is 2.56. The summed E-state index contributed by atoms with van der Waals surface area (Å²) in [6.45, 7) is 7.83.